The number of rotatable bonds is 4. The second kappa shape index (κ2) is 6.23. The van der Waals surface area contributed by atoms with Crippen molar-refractivity contribution in [3.63, 3.8) is 0 Å². The summed E-state index contributed by atoms with van der Waals surface area (Å²) < 4.78 is 7.35. The molecule has 0 aliphatic carbocycles. The highest BCUT2D eigenvalue weighted by Crippen LogP contribution is 2.28. The van der Waals surface area contributed by atoms with Crippen LogP contribution in [0.3, 0.4) is 0 Å². The Kier molecular flexibility index (Phi) is 4.15. The third-order valence-corrected chi connectivity index (χ3v) is 3.74. The molecule has 0 fully saturated rings. The van der Waals surface area contributed by atoms with Crippen molar-refractivity contribution in [2.45, 2.75) is 19.4 Å². The Hall–Kier alpha value is -2.28. The van der Waals surface area contributed by atoms with Crippen molar-refractivity contribution in [3.05, 3.63) is 41.7 Å². The van der Waals surface area contributed by atoms with E-state index >= 15 is 0 Å². The summed E-state index contributed by atoms with van der Waals surface area (Å²) in [6.07, 6.45) is 4.94. The quantitative estimate of drug-likeness (QED) is 0.842. The van der Waals surface area contributed by atoms with Crippen LogP contribution in [0.15, 0.2) is 24.8 Å². The van der Waals surface area contributed by atoms with Crippen LogP contribution in [0.25, 0.3) is 0 Å². The maximum absolute atomic E-state index is 12.6. The molecule has 0 saturated carbocycles. The molecular formula is C15H19N5O2. The van der Waals surface area contributed by atoms with E-state index in [9.17, 15) is 4.79 Å². The number of amides is 1. The molecule has 0 N–H and O–H groups in total. The van der Waals surface area contributed by atoms with Crippen molar-refractivity contribution in [3.8, 4) is 0 Å². The van der Waals surface area contributed by atoms with E-state index in [4.69, 9.17) is 4.74 Å². The zero-order valence-corrected chi connectivity index (χ0v) is 12.8. The number of carbonyl (C=O) groups excluding carboxylic acids is 1. The molecule has 2 aromatic heterocycles. The summed E-state index contributed by atoms with van der Waals surface area (Å²) >= 11 is 0. The van der Waals surface area contributed by atoms with Crippen molar-refractivity contribution in [1.29, 1.82) is 0 Å². The van der Waals surface area contributed by atoms with Crippen molar-refractivity contribution < 1.29 is 9.53 Å². The Morgan fingerprint density at radius 2 is 2.36 bits per heavy atom. The highest BCUT2D eigenvalue weighted by Gasteiger charge is 2.31. The summed E-state index contributed by atoms with van der Waals surface area (Å²) in [7, 11) is 1.90. The number of nitrogens with zero attached hydrogens (tertiary/aromatic N) is 5. The molecule has 0 saturated heterocycles. The first-order chi connectivity index (χ1) is 10.7. The van der Waals surface area contributed by atoms with Crippen LogP contribution in [0, 0.1) is 0 Å². The fourth-order valence-corrected chi connectivity index (χ4v) is 2.77. The second-order valence-corrected chi connectivity index (χ2v) is 5.35. The largest absolute Gasteiger partial charge is 0.381 e. The molecule has 3 rings (SSSR count). The van der Waals surface area contributed by atoms with Gasteiger partial charge in [0, 0.05) is 50.6 Å². The predicted molar refractivity (Wildman–Crippen MR) is 79.2 cm³/mol. The van der Waals surface area contributed by atoms with Gasteiger partial charge in [-0.3, -0.25) is 9.48 Å². The summed E-state index contributed by atoms with van der Waals surface area (Å²) in [6.45, 7) is 4.32. The summed E-state index contributed by atoms with van der Waals surface area (Å²) in [5.74, 6) is 0.00842. The van der Waals surface area contributed by atoms with Crippen LogP contribution in [-0.2, 0) is 18.3 Å². The Balaban J connectivity index is 1.84. The van der Waals surface area contributed by atoms with Gasteiger partial charge in [0.2, 0.25) is 0 Å². The van der Waals surface area contributed by atoms with E-state index in [1.54, 1.807) is 21.8 Å². The number of aryl methyl sites for hydroxylation is 1. The molecule has 1 atom stereocenters. The number of hydrogen-bond donors (Lipinski definition) is 0. The third kappa shape index (κ3) is 2.85. The van der Waals surface area contributed by atoms with Gasteiger partial charge in [0.05, 0.1) is 12.3 Å². The van der Waals surface area contributed by atoms with Gasteiger partial charge >= 0.3 is 0 Å². The number of fused-ring (bicyclic) bond motifs is 1. The standard InChI is InChI=1S/C15H19N5O2/c1-3-22-9-12-8-20(7-11-6-19(2)18-14(11)12)15(21)13-4-5-16-10-17-13/h4-6,10,12H,3,7-9H2,1-2H3. The summed E-state index contributed by atoms with van der Waals surface area (Å²) in [5, 5.41) is 4.53. The topological polar surface area (TPSA) is 73.1 Å². The van der Waals surface area contributed by atoms with Crippen LogP contribution >= 0.6 is 0 Å². The molecule has 1 unspecified atom stereocenters. The smallest absolute Gasteiger partial charge is 0.272 e. The van der Waals surface area contributed by atoms with Gasteiger partial charge in [0.1, 0.15) is 12.0 Å². The molecule has 0 aromatic carbocycles. The molecule has 7 nitrogen and oxygen atoms in total. The molecule has 0 radical (unpaired) electrons. The highest BCUT2D eigenvalue weighted by molar-refractivity contribution is 5.92. The summed E-state index contributed by atoms with van der Waals surface area (Å²) in [4.78, 5) is 22.3. The van der Waals surface area contributed by atoms with Gasteiger partial charge in [-0.05, 0) is 13.0 Å². The van der Waals surface area contributed by atoms with Crippen molar-refractivity contribution >= 4 is 5.91 Å². The first-order valence-corrected chi connectivity index (χ1v) is 7.34. The molecule has 3 heterocycles. The number of aromatic nitrogens is 4. The van der Waals surface area contributed by atoms with E-state index in [1.807, 2.05) is 20.2 Å². The van der Waals surface area contributed by atoms with Crippen molar-refractivity contribution in [1.82, 2.24) is 24.6 Å². The van der Waals surface area contributed by atoms with Gasteiger partial charge in [-0.25, -0.2) is 9.97 Å². The molecule has 0 spiro atoms. The Labute approximate surface area is 128 Å². The average molecular weight is 301 g/mol. The molecule has 1 aliphatic rings. The number of ether oxygens (including phenoxy) is 1. The van der Waals surface area contributed by atoms with Crippen molar-refractivity contribution in [2.24, 2.45) is 7.05 Å². The van der Waals surface area contributed by atoms with E-state index in [0.717, 1.165) is 11.3 Å². The van der Waals surface area contributed by atoms with Crippen LogP contribution in [-0.4, -0.2) is 50.3 Å². The van der Waals surface area contributed by atoms with Crippen molar-refractivity contribution in [2.75, 3.05) is 19.8 Å². The van der Waals surface area contributed by atoms with E-state index in [1.165, 1.54) is 6.33 Å². The Morgan fingerprint density at radius 1 is 1.50 bits per heavy atom. The van der Waals surface area contributed by atoms with E-state index < -0.39 is 0 Å². The average Bonchev–Trinajstić information content (AvgIpc) is 2.93. The number of hydrogen-bond acceptors (Lipinski definition) is 5. The van der Waals surface area contributed by atoms with Gasteiger partial charge in [0.15, 0.2) is 0 Å². The molecule has 22 heavy (non-hydrogen) atoms. The molecule has 2 aromatic rings. The molecule has 7 heteroatoms. The van der Waals surface area contributed by atoms with Gasteiger partial charge in [0.25, 0.3) is 5.91 Å². The lowest BCUT2D eigenvalue weighted by Gasteiger charge is -2.31. The third-order valence-electron chi connectivity index (χ3n) is 3.74. The van der Waals surface area contributed by atoms with Gasteiger partial charge in [-0.2, -0.15) is 5.10 Å². The van der Waals surface area contributed by atoms with Crippen LogP contribution in [0.4, 0.5) is 0 Å². The monoisotopic (exact) mass is 301 g/mol. The van der Waals surface area contributed by atoms with E-state index in [-0.39, 0.29) is 11.8 Å². The highest BCUT2D eigenvalue weighted by atomic mass is 16.5. The Morgan fingerprint density at radius 3 is 3.09 bits per heavy atom. The zero-order chi connectivity index (χ0) is 15.5. The molecule has 116 valence electrons. The lowest BCUT2D eigenvalue weighted by Crippen LogP contribution is -2.39. The van der Waals surface area contributed by atoms with E-state index in [2.05, 4.69) is 15.1 Å². The molecule has 0 bridgehead atoms. The van der Waals surface area contributed by atoms with Gasteiger partial charge in [-0.15, -0.1) is 0 Å². The van der Waals surface area contributed by atoms with Gasteiger partial charge in [-0.1, -0.05) is 0 Å². The second-order valence-electron chi connectivity index (χ2n) is 5.35. The summed E-state index contributed by atoms with van der Waals surface area (Å²) in [5.41, 5.74) is 2.51. The van der Waals surface area contributed by atoms with E-state index in [0.29, 0.717) is 32.0 Å². The minimum Gasteiger partial charge on any atom is -0.381 e. The zero-order valence-electron chi connectivity index (χ0n) is 12.8. The summed E-state index contributed by atoms with van der Waals surface area (Å²) in [6, 6.07) is 1.64. The first kappa shape index (κ1) is 14.6. The van der Waals surface area contributed by atoms with Crippen LogP contribution in [0.2, 0.25) is 0 Å². The van der Waals surface area contributed by atoms with Gasteiger partial charge < -0.3 is 9.64 Å². The normalized spacial score (nSPS) is 17.4. The molecule has 1 aliphatic heterocycles. The van der Waals surface area contributed by atoms with Crippen LogP contribution in [0.1, 0.15) is 34.6 Å². The van der Waals surface area contributed by atoms with Crippen LogP contribution < -0.4 is 0 Å². The SMILES string of the molecule is CCOCC1CN(C(=O)c2ccncn2)Cc2cn(C)nc21. The fraction of sp³-hybridized carbons (Fsp3) is 0.467. The first-order valence-electron chi connectivity index (χ1n) is 7.34. The maximum Gasteiger partial charge on any atom is 0.272 e. The lowest BCUT2D eigenvalue weighted by atomic mass is 9.97. The van der Waals surface area contributed by atoms with Crippen LogP contribution in [0.5, 0.6) is 0 Å². The Bertz CT molecular complexity index is 655. The maximum atomic E-state index is 12.6. The fourth-order valence-electron chi connectivity index (χ4n) is 2.77. The minimum atomic E-state index is -0.0848. The number of carbonyl (C=O) groups is 1. The predicted octanol–water partition coefficient (Wildman–Crippen LogP) is 0.986. The lowest BCUT2D eigenvalue weighted by molar-refractivity contribution is 0.0646. The molecular weight excluding hydrogens is 282 g/mol. The molecule has 1 amide bonds. The minimum absolute atomic E-state index is 0.0848.